The molecular formula is C19H21NO. The van der Waals surface area contributed by atoms with Crippen molar-refractivity contribution < 1.29 is 5.11 Å². The number of hydrogen-bond donors (Lipinski definition) is 1. The maximum absolute atomic E-state index is 9.53. The Balaban J connectivity index is 1.94. The third-order valence-corrected chi connectivity index (χ3v) is 4.04. The predicted molar refractivity (Wildman–Crippen MR) is 87.5 cm³/mol. The normalized spacial score (nSPS) is 11.4. The van der Waals surface area contributed by atoms with Crippen molar-refractivity contribution in [2.45, 2.75) is 32.9 Å². The van der Waals surface area contributed by atoms with Crippen LogP contribution in [0.25, 0.3) is 10.9 Å². The lowest BCUT2D eigenvalue weighted by molar-refractivity contribution is 0.283. The van der Waals surface area contributed by atoms with E-state index in [4.69, 9.17) is 0 Å². The Hall–Kier alpha value is -2.06. The molecule has 21 heavy (non-hydrogen) atoms. The van der Waals surface area contributed by atoms with Crippen molar-refractivity contribution in [3.63, 3.8) is 0 Å². The van der Waals surface area contributed by atoms with E-state index in [9.17, 15) is 5.11 Å². The second kappa shape index (κ2) is 5.74. The topological polar surface area (TPSA) is 25.2 Å². The zero-order valence-corrected chi connectivity index (χ0v) is 12.6. The van der Waals surface area contributed by atoms with Gasteiger partial charge < -0.3 is 9.67 Å². The standard InChI is InChI=1S/C19H21NO/c1-14(2)16-8-6-15(7-9-16)12-20-11-10-17-4-3-5-18(13-21)19(17)20/h3-11,14,21H,12-13H2,1-2H3. The van der Waals surface area contributed by atoms with Gasteiger partial charge in [0, 0.05) is 18.3 Å². The highest BCUT2D eigenvalue weighted by Crippen LogP contribution is 2.22. The molecule has 0 saturated heterocycles. The first-order chi connectivity index (χ1) is 10.2. The average molecular weight is 279 g/mol. The van der Waals surface area contributed by atoms with Crippen molar-refractivity contribution in [1.82, 2.24) is 4.57 Å². The molecule has 3 rings (SSSR count). The highest BCUT2D eigenvalue weighted by molar-refractivity contribution is 5.83. The van der Waals surface area contributed by atoms with Gasteiger partial charge in [-0.15, -0.1) is 0 Å². The monoisotopic (exact) mass is 279 g/mol. The smallest absolute Gasteiger partial charge is 0.0702 e. The van der Waals surface area contributed by atoms with Gasteiger partial charge in [-0.1, -0.05) is 56.3 Å². The van der Waals surface area contributed by atoms with Gasteiger partial charge in [-0.25, -0.2) is 0 Å². The Labute approximate surface area is 125 Å². The minimum absolute atomic E-state index is 0.0770. The van der Waals surface area contributed by atoms with Crippen molar-refractivity contribution in [3.05, 3.63) is 71.4 Å². The van der Waals surface area contributed by atoms with Crippen LogP contribution in [0, 0.1) is 0 Å². The molecule has 0 aliphatic heterocycles. The van der Waals surface area contributed by atoms with Gasteiger partial charge in [-0.2, -0.15) is 0 Å². The molecule has 0 aliphatic rings. The third-order valence-electron chi connectivity index (χ3n) is 4.04. The van der Waals surface area contributed by atoms with Crippen LogP contribution in [-0.2, 0) is 13.2 Å². The maximum Gasteiger partial charge on any atom is 0.0702 e. The van der Waals surface area contributed by atoms with Crippen LogP contribution < -0.4 is 0 Å². The molecule has 0 bridgehead atoms. The Morgan fingerprint density at radius 2 is 1.76 bits per heavy atom. The molecule has 1 aromatic heterocycles. The predicted octanol–water partition coefficient (Wildman–Crippen LogP) is 4.31. The number of aromatic nitrogens is 1. The van der Waals surface area contributed by atoms with Crippen LogP contribution in [-0.4, -0.2) is 9.67 Å². The summed E-state index contributed by atoms with van der Waals surface area (Å²) < 4.78 is 2.21. The van der Waals surface area contributed by atoms with Gasteiger partial charge in [0.15, 0.2) is 0 Å². The Bertz CT molecular complexity index is 738. The number of benzene rings is 2. The molecule has 0 saturated carbocycles. The minimum Gasteiger partial charge on any atom is -0.392 e. The summed E-state index contributed by atoms with van der Waals surface area (Å²) >= 11 is 0. The van der Waals surface area contributed by atoms with Gasteiger partial charge in [-0.05, 0) is 28.5 Å². The van der Waals surface area contributed by atoms with E-state index >= 15 is 0 Å². The van der Waals surface area contributed by atoms with E-state index < -0.39 is 0 Å². The highest BCUT2D eigenvalue weighted by Gasteiger charge is 2.07. The molecule has 2 nitrogen and oxygen atoms in total. The second-order valence-corrected chi connectivity index (χ2v) is 5.85. The first-order valence-corrected chi connectivity index (χ1v) is 7.45. The number of aliphatic hydroxyl groups is 1. The van der Waals surface area contributed by atoms with E-state index in [0.29, 0.717) is 5.92 Å². The lowest BCUT2D eigenvalue weighted by Crippen LogP contribution is -2.00. The van der Waals surface area contributed by atoms with Crippen molar-refractivity contribution in [2.24, 2.45) is 0 Å². The van der Waals surface area contributed by atoms with Crippen LogP contribution in [0.15, 0.2) is 54.7 Å². The lowest BCUT2D eigenvalue weighted by Gasteiger charge is -2.10. The quantitative estimate of drug-likeness (QED) is 0.756. The Morgan fingerprint density at radius 3 is 2.43 bits per heavy atom. The van der Waals surface area contributed by atoms with Crippen LogP contribution in [0.5, 0.6) is 0 Å². The molecule has 0 radical (unpaired) electrons. The summed E-state index contributed by atoms with van der Waals surface area (Å²) in [5.41, 5.74) is 4.76. The fourth-order valence-corrected chi connectivity index (χ4v) is 2.80. The maximum atomic E-state index is 9.53. The van der Waals surface area contributed by atoms with Crippen LogP contribution >= 0.6 is 0 Å². The molecule has 1 heterocycles. The van der Waals surface area contributed by atoms with Crippen molar-refractivity contribution in [1.29, 1.82) is 0 Å². The Kier molecular flexibility index (Phi) is 3.80. The molecule has 0 aliphatic carbocycles. The molecule has 2 heteroatoms. The number of para-hydroxylation sites is 1. The lowest BCUT2D eigenvalue weighted by atomic mass is 10.0. The molecule has 2 aromatic carbocycles. The molecule has 0 amide bonds. The molecule has 1 N–H and O–H groups in total. The fraction of sp³-hybridized carbons (Fsp3) is 0.263. The summed E-state index contributed by atoms with van der Waals surface area (Å²) in [4.78, 5) is 0. The summed E-state index contributed by atoms with van der Waals surface area (Å²) in [5, 5.41) is 10.7. The summed E-state index contributed by atoms with van der Waals surface area (Å²) in [5.74, 6) is 0.562. The summed E-state index contributed by atoms with van der Waals surface area (Å²) in [6.45, 7) is 5.33. The van der Waals surface area contributed by atoms with Gasteiger partial charge in [-0.3, -0.25) is 0 Å². The van der Waals surface area contributed by atoms with E-state index in [1.54, 1.807) is 0 Å². The third kappa shape index (κ3) is 2.72. The summed E-state index contributed by atoms with van der Waals surface area (Å²) in [7, 11) is 0. The molecule has 0 unspecified atom stereocenters. The van der Waals surface area contributed by atoms with E-state index in [0.717, 1.165) is 17.6 Å². The largest absolute Gasteiger partial charge is 0.392 e. The number of nitrogens with zero attached hydrogens (tertiary/aromatic N) is 1. The summed E-state index contributed by atoms with van der Waals surface area (Å²) in [6.07, 6.45) is 2.10. The molecule has 0 fully saturated rings. The molecule has 108 valence electrons. The molecule has 0 atom stereocenters. The van der Waals surface area contributed by atoms with Gasteiger partial charge in [0.05, 0.1) is 12.1 Å². The van der Waals surface area contributed by atoms with Crippen molar-refractivity contribution in [3.8, 4) is 0 Å². The average Bonchev–Trinajstić information content (AvgIpc) is 2.91. The van der Waals surface area contributed by atoms with Crippen molar-refractivity contribution in [2.75, 3.05) is 0 Å². The van der Waals surface area contributed by atoms with E-state index in [1.807, 2.05) is 12.1 Å². The molecule has 3 aromatic rings. The number of rotatable bonds is 4. The Morgan fingerprint density at radius 1 is 1.00 bits per heavy atom. The van der Waals surface area contributed by atoms with E-state index in [-0.39, 0.29) is 6.61 Å². The SMILES string of the molecule is CC(C)c1ccc(Cn2ccc3cccc(CO)c32)cc1. The number of aliphatic hydroxyl groups excluding tert-OH is 1. The zero-order valence-electron chi connectivity index (χ0n) is 12.6. The first-order valence-electron chi connectivity index (χ1n) is 7.45. The van der Waals surface area contributed by atoms with Crippen LogP contribution in [0.1, 0.15) is 36.5 Å². The second-order valence-electron chi connectivity index (χ2n) is 5.85. The van der Waals surface area contributed by atoms with E-state index in [1.165, 1.54) is 16.5 Å². The molecule has 0 spiro atoms. The summed E-state index contributed by atoms with van der Waals surface area (Å²) in [6, 6.07) is 17.0. The highest BCUT2D eigenvalue weighted by atomic mass is 16.3. The zero-order chi connectivity index (χ0) is 14.8. The number of hydrogen-bond acceptors (Lipinski definition) is 1. The fourth-order valence-electron chi connectivity index (χ4n) is 2.80. The van der Waals surface area contributed by atoms with Crippen LogP contribution in [0.2, 0.25) is 0 Å². The van der Waals surface area contributed by atoms with Gasteiger partial charge >= 0.3 is 0 Å². The van der Waals surface area contributed by atoms with E-state index in [2.05, 4.69) is 61.0 Å². The minimum atomic E-state index is 0.0770. The molecular weight excluding hydrogens is 258 g/mol. The van der Waals surface area contributed by atoms with Gasteiger partial charge in [0.1, 0.15) is 0 Å². The van der Waals surface area contributed by atoms with Crippen LogP contribution in [0.4, 0.5) is 0 Å². The number of fused-ring (bicyclic) bond motifs is 1. The van der Waals surface area contributed by atoms with Crippen molar-refractivity contribution >= 4 is 10.9 Å². The van der Waals surface area contributed by atoms with Gasteiger partial charge in [0.25, 0.3) is 0 Å². The first kappa shape index (κ1) is 13.9. The van der Waals surface area contributed by atoms with Gasteiger partial charge in [0.2, 0.25) is 0 Å². The van der Waals surface area contributed by atoms with Crippen LogP contribution in [0.3, 0.4) is 0 Å².